The van der Waals surface area contributed by atoms with Crippen LogP contribution in [-0.2, 0) is 0 Å². The molecule has 0 atom stereocenters. The Morgan fingerprint density at radius 1 is 1.03 bits per heavy atom. The topological polar surface area (TPSA) is 73.3 Å². The number of benzene rings is 3. The average molecular weight is 452 g/mol. The summed E-state index contributed by atoms with van der Waals surface area (Å²) in [6.07, 6.45) is 5.33. The van der Waals surface area contributed by atoms with Crippen LogP contribution in [0.15, 0.2) is 66.7 Å². The van der Waals surface area contributed by atoms with Gasteiger partial charge in [-0.15, -0.1) is 6.42 Å². The standard InChI is InChI=1S/C28H25N3O3/c1-5-15-34-23-13-14-25-24(17-23)26(20-11-9-19(10-12-20)18(2)3)31-27(30-25)28(32)29-21-7-6-8-22(16-21)33-4/h1,6-14,16-18H,15H2,2-4H3,(H,29,32). The van der Waals surface area contributed by atoms with Crippen LogP contribution in [0, 0.1) is 12.3 Å². The fourth-order valence-corrected chi connectivity index (χ4v) is 3.56. The van der Waals surface area contributed by atoms with E-state index in [1.807, 2.05) is 18.2 Å². The predicted molar refractivity (Wildman–Crippen MR) is 134 cm³/mol. The molecule has 170 valence electrons. The van der Waals surface area contributed by atoms with Gasteiger partial charge in [0.2, 0.25) is 5.82 Å². The molecule has 6 heteroatoms. The zero-order valence-corrected chi connectivity index (χ0v) is 19.3. The smallest absolute Gasteiger partial charge is 0.293 e. The molecule has 1 N–H and O–H groups in total. The minimum atomic E-state index is -0.414. The van der Waals surface area contributed by atoms with Crippen LogP contribution in [0.2, 0.25) is 0 Å². The van der Waals surface area contributed by atoms with Crippen molar-refractivity contribution in [3.05, 3.63) is 78.1 Å². The molecule has 1 aromatic heterocycles. The van der Waals surface area contributed by atoms with E-state index in [1.54, 1.807) is 43.5 Å². The summed E-state index contributed by atoms with van der Waals surface area (Å²) in [5.41, 5.74) is 3.95. The third-order valence-corrected chi connectivity index (χ3v) is 5.37. The molecule has 0 saturated carbocycles. The summed E-state index contributed by atoms with van der Waals surface area (Å²) in [7, 11) is 1.58. The largest absolute Gasteiger partial charge is 0.497 e. The molecule has 1 heterocycles. The lowest BCUT2D eigenvalue weighted by molar-refractivity contribution is 0.101. The second-order valence-corrected chi connectivity index (χ2v) is 8.03. The zero-order chi connectivity index (χ0) is 24.1. The number of ether oxygens (including phenoxy) is 2. The highest BCUT2D eigenvalue weighted by atomic mass is 16.5. The second-order valence-electron chi connectivity index (χ2n) is 8.03. The number of terminal acetylenes is 1. The summed E-state index contributed by atoms with van der Waals surface area (Å²) in [4.78, 5) is 22.2. The molecule has 0 fully saturated rings. The van der Waals surface area contributed by atoms with Gasteiger partial charge in [-0.2, -0.15) is 0 Å². The Kier molecular flexibility index (Phi) is 6.74. The summed E-state index contributed by atoms with van der Waals surface area (Å²) in [6, 6.07) is 20.7. The Morgan fingerprint density at radius 3 is 2.53 bits per heavy atom. The van der Waals surface area contributed by atoms with E-state index in [4.69, 9.17) is 15.9 Å². The molecule has 6 nitrogen and oxygen atoms in total. The molecule has 0 aliphatic carbocycles. The number of carbonyl (C=O) groups excluding carboxylic acids is 1. The number of carbonyl (C=O) groups is 1. The van der Waals surface area contributed by atoms with Crippen LogP contribution < -0.4 is 14.8 Å². The quantitative estimate of drug-likeness (QED) is 0.365. The zero-order valence-electron chi connectivity index (χ0n) is 19.3. The summed E-state index contributed by atoms with van der Waals surface area (Å²) in [5, 5.41) is 3.62. The van der Waals surface area contributed by atoms with Gasteiger partial charge in [0.1, 0.15) is 18.1 Å². The first-order valence-corrected chi connectivity index (χ1v) is 10.9. The normalized spacial score (nSPS) is 10.7. The van der Waals surface area contributed by atoms with Crippen LogP contribution in [0.4, 0.5) is 5.69 Å². The summed E-state index contributed by atoms with van der Waals surface area (Å²) in [5.74, 6) is 3.78. The molecular weight excluding hydrogens is 426 g/mol. The fourth-order valence-electron chi connectivity index (χ4n) is 3.56. The number of rotatable bonds is 7. The third kappa shape index (κ3) is 5.00. The Hall–Kier alpha value is -4.37. The summed E-state index contributed by atoms with van der Waals surface area (Å²) >= 11 is 0. The van der Waals surface area contributed by atoms with Crippen molar-refractivity contribution in [2.75, 3.05) is 19.0 Å². The molecule has 0 aliphatic rings. The van der Waals surface area contributed by atoms with Crippen molar-refractivity contribution in [3.8, 4) is 35.1 Å². The fraction of sp³-hybridized carbons (Fsp3) is 0.179. The van der Waals surface area contributed by atoms with Gasteiger partial charge >= 0.3 is 0 Å². The highest BCUT2D eigenvalue weighted by Crippen LogP contribution is 2.30. The third-order valence-electron chi connectivity index (χ3n) is 5.37. The molecule has 0 radical (unpaired) electrons. The highest BCUT2D eigenvalue weighted by Gasteiger charge is 2.17. The monoisotopic (exact) mass is 451 g/mol. The van der Waals surface area contributed by atoms with Gasteiger partial charge in [-0.3, -0.25) is 4.79 Å². The van der Waals surface area contributed by atoms with Crippen LogP contribution in [0.1, 0.15) is 35.9 Å². The van der Waals surface area contributed by atoms with Crippen molar-refractivity contribution in [2.45, 2.75) is 19.8 Å². The van der Waals surface area contributed by atoms with Gasteiger partial charge in [-0.25, -0.2) is 9.97 Å². The first-order valence-electron chi connectivity index (χ1n) is 10.9. The molecule has 0 aliphatic heterocycles. The predicted octanol–water partition coefficient (Wildman–Crippen LogP) is 5.69. The number of methoxy groups -OCH3 is 1. The lowest BCUT2D eigenvalue weighted by Crippen LogP contribution is -2.16. The van der Waals surface area contributed by atoms with Gasteiger partial charge in [0.15, 0.2) is 0 Å². The van der Waals surface area contributed by atoms with E-state index in [0.29, 0.717) is 34.3 Å². The van der Waals surface area contributed by atoms with Crippen LogP contribution in [-0.4, -0.2) is 29.6 Å². The van der Waals surface area contributed by atoms with E-state index >= 15 is 0 Å². The van der Waals surface area contributed by atoms with Crippen molar-refractivity contribution < 1.29 is 14.3 Å². The van der Waals surface area contributed by atoms with Crippen molar-refractivity contribution in [1.82, 2.24) is 9.97 Å². The van der Waals surface area contributed by atoms with Crippen molar-refractivity contribution >= 4 is 22.5 Å². The molecule has 0 bridgehead atoms. The molecule has 0 unspecified atom stereocenters. The first-order chi connectivity index (χ1) is 16.5. The number of fused-ring (bicyclic) bond motifs is 1. The maximum atomic E-state index is 13.1. The summed E-state index contributed by atoms with van der Waals surface area (Å²) < 4.78 is 10.8. The number of hydrogen-bond donors (Lipinski definition) is 1. The maximum absolute atomic E-state index is 13.1. The molecule has 0 spiro atoms. The van der Waals surface area contributed by atoms with Gasteiger partial charge in [-0.1, -0.05) is 50.1 Å². The summed E-state index contributed by atoms with van der Waals surface area (Å²) in [6.45, 7) is 4.45. The minimum Gasteiger partial charge on any atom is -0.497 e. The number of nitrogens with one attached hydrogen (secondary N) is 1. The maximum Gasteiger partial charge on any atom is 0.293 e. The number of aromatic nitrogens is 2. The molecule has 1 amide bonds. The molecule has 4 rings (SSSR count). The number of nitrogens with zero attached hydrogens (tertiary/aromatic N) is 2. The Labute approximate surface area is 199 Å². The van der Waals surface area contributed by atoms with Crippen LogP contribution in [0.3, 0.4) is 0 Å². The Morgan fingerprint density at radius 2 is 1.82 bits per heavy atom. The molecular formula is C28H25N3O3. The highest BCUT2D eigenvalue weighted by molar-refractivity contribution is 6.04. The van der Waals surface area contributed by atoms with Crippen LogP contribution >= 0.6 is 0 Å². The number of amides is 1. The van der Waals surface area contributed by atoms with Crippen LogP contribution in [0.25, 0.3) is 22.2 Å². The van der Waals surface area contributed by atoms with E-state index in [-0.39, 0.29) is 12.4 Å². The lowest BCUT2D eigenvalue weighted by Gasteiger charge is -2.12. The van der Waals surface area contributed by atoms with Crippen molar-refractivity contribution in [2.24, 2.45) is 0 Å². The van der Waals surface area contributed by atoms with E-state index < -0.39 is 5.91 Å². The number of hydrogen-bond acceptors (Lipinski definition) is 5. The second kappa shape index (κ2) is 10.1. The van der Waals surface area contributed by atoms with Gasteiger partial charge in [0.05, 0.1) is 18.3 Å². The van der Waals surface area contributed by atoms with Gasteiger partial charge in [0.25, 0.3) is 5.91 Å². The van der Waals surface area contributed by atoms with Gasteiger partial charge in [-0.05, 0) is 41.8 Å². The van der Waals surface area contributed by atoms with E-state index in [2.05, 4.69) is 47.2 Å². The average Bonchev–Trinajstić information content (AvgIpc) is 2.86. The van der Waals surface area contributed by atoms with Gasteiger partial charge in [0, 0.05) is 22.7 Å². The molecule has 4 aromatic rings. The molecule has 3 aromatic carbocycles. The molecule has 34 heavy (non-hydrogen) atoms. The number of anilines is 1. The minimum absolute atomic E-state index is 0.0653. The van der Waals surface area contributed by atoms with Crippen LogP contribution in [0.5, 0.6) is 11.5 Å². The first kappa shape index (κ1) is 22.8. The van der Waals surface area contributed by atoms with Crippen molar-refractivity contribution in [1.29, 1.82) is 0 Å². The van der Waals surface area contributed by atoms with E-state index in [9.17, 15) is 4.79 Å². The van der Waals surface area contributed by atoms with E-state index in [0.717, 1.165) is 10.9 Å². The van der Waals surface area contributed by atoms with E-state index in [1.165, 1.54) is 5.56 Å². The van der Waals surface area contributed by atoms with Gasteiger partial charge < -0.3 is 14.8 Å². The SMILES string of the molecule is C#CCOc1ccc2nc(C(=O)Nc3cccc(OC)c3)nc(-c3ccc(C(C)C)cc3)c2c1. The molecule has 0 saturated heterocycles. The lowest BCUT2D eigenvalue weighted by atomic mass is 9.99. The Bertz CT molecular complexity index is 1370. The van der Waals surface area contributed by atoms with Crippen molar-refractivity contribution in [3.63, 3.8) is 0 Å². The Balaban J connectivity index is 1.78.